The van der Waals surface area contributed by atoms with E-state index in [0.717, 1.165) is 9.26 Å². The van der Waals surface area contributed by atoms with E-state index in [0.29, 0.717) is 22.9 Å². The third-order valence-corrected chi connectivity index (χ3v) is 4.06. The molecule has 0 aliphatic heterocycles. The van der Waals surface area contributed by atoms with Gasteiger partial charge in [0.05, 0.1) is 19.9 Å². The first-order valence-corrected chi connectivity index (χ1v) is 7.30. The lowest BCUT2D eigenvalue weighted by Crippen LogP contribution is -2.15. The fraction of sp³-hybridized carbons (Fsp3) is 0.200. The number of amides is 1. The van der Waals surface area contributed by atoms with Gasteiger partial charge >= 0.3 is 0 Å². The summed E-state index contributed by atoms with van der Waals surface area (Å²) in [7, 11) is 3.03. The van der Waals surface area contributed by atoms with Gasteiger partial charge in [-0.1, -0.05) is 6.07 Å². The topological polar surface area (TPSA) is 60.5 Å². The lowest BCUT2D eigenvalue weighted by Gasteiger charge is -2.13. The zero-order chi connectivity index (χ0) is 15.4. The molecule has 0 aliphatic carbocycles. The molecule has 21 heavy (non-hydrogen) atoms. The van der Waals surface area contributed by atoms with Crippen molar-refractivity contribution in [2.45, 2.75) is 6.92 Å². The maximum Gasteiger partial charge on any atom is 0.264 e. The Hall–Kier alpha value is -1.83. The van der Waals surface area contributed by atoms with E-state index in [9.17, 15) is 4.79 Å². The first-order valence-electron chi connectivity index (χ1n) is 6.22. The standard InChI is InChI=1S/C15H15IN2O3/c1-9-10(16)7-8-13(17-9)18-15(19)14-11(20-2)5-4-6-12(14)21-3/h4-8H,1-3H3,(H,17,18,19). The summed E-state index contributed by atoms with van der Waals surface area (Å²) in [6.45, 7) is 1.89. The highest BCUT2D eigenvalue weighted by Gasteiger charge is 2.18. The van der Waals surface area contributed by atoms with Gasteiger partial charge in [-0.15, -0.1) is 0 Å². The quantitative estimate of drug-likeness (QED) is 0.804. The summed E-state index contributed by atoms with van der Waals surface area (Å²) in [5, 5.41) is 2.76. The van der Waals surface area contributed by atoms with Crippen molar-refractivity contribution >= 4 is 34.3 Å². The smallest absolute Gasteiger partial charge is 0.264 e. The van der Waals surface area contributed by atoms with Crippen LogP contribution in [0.15, 0.2) is 30.3 Å². The van der Waals surface area contributed by atoms with Crippen molar-refractivity contribution < 1.29 is 14.3 Å². The van der Waals surface area contributed by atoms with E-state index >= 15 is 0 Å². The molecule has 0 saturated carbocycles. The number of carbonyl (C=O) groups is 1. The van der Waals surface area contributed by atoms with Crippen molar-refractivity contribution in [2.75, 3.05) is 19.5 Å². The first kappa shape index (κ1) is 15.6. The van der Waals surface area contributed by atoms with Gasteiger partial charge < -0.3 is 14.8 Å². The van der Waals surface area contributed by atoms with Crippen LogP contribution in [0.25, 0.3) is 0 Å². The number of nitrogens with one attached hydrogen (secondary N) is 1. The van der Waals surface area contributed by atoms with Crippen molar-refractivity contribution in [1.29, 1.82) is 0 Å². The molecule has 0 aliphatic rings. The Bertz CT molecular complexity index is 652. The summed E-state index contributed by atoms with van der Waals surface area (Å²) >= 11 is 2.19. The number of hydrogen-bond donors (Lipinski definition) is 1. The molecule has 0 radical (unpaired) electrons. The normalized spacial score (nSPS) is 10.1. The second-order valence-corrected chi connectivity index (χ2v) is 5.42. The Labute approximate surface area is 136 Å². The minimum atomic E-state index is -0.322. The van der Waals surface area contributed by atoms with Gasteiger partial charge in [-0.3, -0.25) is 4.79 Å². The molecule has 110 valence electrons. The molecule has 0 fully saturated rings. The monoisotopic (exact) mass is 398 g/mol. The van der Waals surface area contributed by atoms with Crippen LogP contribution in [0.3, 0.4) is 0 Å². The minimum absolute atomic E-state index is 0.322. The number of ether oxygens (including phenoxy) is 2. The number of aromatic nitrogens is 1. The number of carbonyl (C=O) groups excluding carboxylic acids is 1. The number of aryl methyl sites for hydroxylation is 1. The van der Waals surface area contributed by atoms with E-state index in [1.165, 1.54) is 14.2 Å². The summed E-state index contributed by atoms with van der Waals surface area (Å²) in [5.41, 5.74) is 1.21. The van der Waals surface area contributed by atoms with Crippen LogP contribution in [-0.4, -0.2) is 25.1 Å². The summed E-state index contributed by atoms with van der Waals surface area (Å²) in [6.07, 6.45) is 0. The Morgan fingerprint density at radius 1 is 1.14 bits per heavy atom. The van der Waals surface area contributed by atoms with Crippen molar-refractivity contribution in [2.24, 2.45) is 0 Å². The summed E-state index contributed by atoms with van der Waals surface area (Å²) in [5.74, 6) is 1.08. The van der Waals surface area contributed by atoms with Crippen molar-refractivity contribution in [3.8, 4) is 11.5 Å². The average molecular weight is 398 g/mol. The van der Waals surface area contributed by atoms with E-state index in [4.69, 9.17) is 9.47 Å². The van der Waals surface area contributed by atoms with Crippen molar-refractivity contribution in [3.05, 3.63) is 45.2 Å². The summed E-state index contributed by atoms with van der Waals surface area (Å²) < 4.78 is 11.5. The van der Waals surface area contributed by atoms with Gasteiger partial charge in [-0.25, -0.2) is 4.98 Å². The lowest BCUT2D eigenvalue weighted by atomic mass is 10.1. The van der Waals surface area contributed by atoms with Gasteiger partial charge in [0.1, 0.15) is 22.9 Å². The van der Waals surface area contributed by atoms with Crippen LogP contribution in [-0.2, 0) is 0 Å². The van der Waals surface area contributed by atoms with Crippen LogP contribution >= 0.6 is 22.6 Å². The average Bonchev–Trinajstić information content (AvgIpc) is 2.49. The maximum atomic E-state index is 12.5. The molecule has 1 amide bonds. The van der Waals surface area contributed by atoms with Crippen molar-refractivity contribution in [3.63, 3.8) is 0 Å². The predicted molar refractivity (Wildman–Crippen MR) is 89.2 cm³/mol. The predicted octanol–water partition coefficient (Wildman–Crippen LogP) is 3.26. The number of benzene rings is 1. The van der Waals surface area contributed by atoms with E-state index in [1.807, 2.05) is 13.0 Å². The van der Waals surface area contributed by atoms with Gasteiger partial charge in [0.15, 0.2) is 0 Å². The zero-order valence-corrected chi connectivity index (χ0v) is 14.1. The molecule has 0 spiro atoms. The van der Waals surface area contributed by atoms with Crippen LogP contribution in [0.2, 0.25) is 0 Å². The largest absolute Gasteiger partial charge is 0.496 e. The highest BCUT2D eigenvalue weighted by molar-refractivity contribution is 14.1. The second-order valence-electron chi connectivity index (χ2n) is 4.26. The highest BCUT2D eigenvalue weighted by atomic mass is 127. The van der Waals surface area contributed by atoms with Crippen LogP contribution in [0.4, 0.5) is 5.82 Å². The third-order valence-electron chi connectivity index (χ3n) is 2.92. The molecule has 6 heteroatoms. The molecule has 1 heterocycles. The number of hydrogen-bond acceptors (Lipinski definition) is 4. The number of rotatable bonds is 4. The SMILES string of the molecule is COc1cccc(OC)c1C(=O)Nc1ccc(I)c(C)n1. The van der Waals surface area contributed by atoms with Gasteiger partial charge in [0.2, 0.25) is 0 Å². The van der Waals surface area contributed by atoms with Crippen LogP contribution < -0.4 is 14.8 Å². The van der Waals surface area contributed by atoms with E-state index < -0.39 is 0 Å². The molecular weight excluding hydrogens is 383 g/mol. The summed E-state index contributed by atoms with van der Waals surface area (Å²) in [4.78, 5) is 16.8. The van der Waals surface area contributed by atoms with Crippen LogP contribution in [0.5, 0.6) is 11.5 Å². The third kappa shape index (κ3) is 3.44. The number of anilines is 1. The molecule has 1 aromatic heterocycles. The second kappa shape index (κ2) is 6.75. The van der Waals surface area contributed by atoms with Crippen LogP contribution in [0.1, 0.15) is 16.1 Å². The Morgan fingerprint density at radius 3 is 2.29 bits per heavy atom. The van der Waals surface area contributed by atoms with E-state index in [2.05, 4.69) is 32.9 Å². The van der Waals surface area contributed by atoms with Crippen molar-refractivity contribution in [1.82, 2.24) is 4.98 Å². The summed E-state index contributed by atoms with van der Waals surface area (Å²) in [6, 6.07) is 8.85. The fourth-order valence-electron chi connectivity index (χ4n) is 1.87. The number of halogens is 1. The molecule has 2 rings (SSSR count). The molecule has 1 aromatic carbocycles. The van der Waals surface area contributed by atoms with Crippen LogP contribution in [0, 0.1) is 10.5 Å². The minimum Gasteiger partial charge on any atom is -0.496 e. The van der Waals surface area contributed by atoms with E-state index in [1.54, 1.807) is 24.3 Å². The zero-order valence-electron chi connectivity index (χ0n) is 11.9. The molecule has 5 nitrogen and oxygen atoms in total. The Morgan fingerprint density at radius 2 is 1.76 bits per heavy atom. The Balaban J connectivity index is 2.34. The molecule has 0 saturated heterocycles. The highest BCUT2D eigenvalue weighted by Crippen LogP contribution is 2.29. The van der Waals surface area contributed by atoms with Gasteiger partial charge in [0.25, 0.3) is 5.91 Å². The molecule has 0 unspecified atom stereocenters. The Kier molecular flexibility index (Phi) is 5.00. The molecule has 0 bridgehead atoms. The van der Waals surface area contributed by atoms with Gasteiger partial charge in [-0.05, 0) is 53.8 Å². The molecule has 1 N–H and O–H groups in total. The number of nitrogens with zero attached hydrogens (tertiary/aromatic N) is 1. The number of pyridine rings is 1. The lowest BCUT2D eigenvalue weighted by molar-refractivity contribution is 0.102. The molecule has 0 atom stereocenters. The molecular formula is C15H15IN2O3. The number of methoxy groups -OCH3 is 2. The first-order chi connectivity index (χ1) is 10.1. The fourth-order valence-corrected chi connectivity index (χ4v) is 2.17. The van der Waals surface area contributed by atoms with E-state index in [-0.39, 0.29) is 5.91 Å². The maximum absolute atomic E-state index is 12.5. The van der Waals surface area contributed by atoms with Gasteiger partial charge in [0, 0.05) is 3.57 Å². The molecule has 2 aromatic rings. The van der Waals surface area contributed by atoms with Gasteiger partial charge in [-0.2, -0.15) is 0 Å².